The van der Waals surface area contributed by atoms with Gasteiger partial charge in [-0.05, 0) is 17.7 Å². The normalized spacial score (nSPS) is 15.7. The Morgan fingerprint density at radius 1 is 1.36 bits per heavy atom. The molecule has 0 bridgehead atoms. The standard InChI is InChI=1S/C15H19ClFN3O2/c16-13-3-1-12(2-4-13)10-22-11-19-9-14(17)15(18)20-5-7-21-8-6-20/h1-4,9,18-19H,5-8,10-11H2. The average molecular weight is 328 g/mol. The lowest BCUT2D eigenvalue weighted by atomic mass is 10.2. The highest BCUT2D eigenvalue weighted by molar-refractivity contribution is 6.30. The van der Waals surface area contributed by atoms with Gasteiger partial charge in [-0.25, -0.2) is 4.39 Å². The topological polar surface area (TPSA) is 57.6 Å². The zero-order valence-electron chi connectivity index (χ0n) is 12.1. The van der Waals surface area contributed by atoms with Crippen LogP contribution < -0.4 is 5.32 Å². The van der Waals surface area contributed by atoms with Crippen LogP contribution in [-0.4, -0.2) is 43.8 Å². The minimum absolute atomic E-state index is 0.131. The molecule has 22 heavy (non-hydrogen) atoms. The smallest absolute Gasteiger partial charge is 0.180 e. The van der Waals surface area contributed by atoms with Crippen LogP contribution in [0.1, 0.15) is 5.56 Å². The first kappa shape index (κ1) is 16.7. The lowest BCUT2D eigenvalue weighted by Gasteiger charge is -2.28. The largest absolute Gasteiger partial charge is 0.378 e. The van der Waals surface area contributed by atoms with E-state index in [2.05, 4.69) is 5.32 Å². The molecular formula is C15H19ClFN3O2. The van der Waals surface area contributed by atoms with Crippen molar-refractivity contribution < 1.29 is 13.9 Å². The second kappa shape index (κ2) is 8.73. The van der Waals surface area contributed by atoms with Crippen LogP contribution in [0.4, 0.5) is 4.39 Å². The van der Waals surface area contributed by atoms with E-state index in [1.165, 1.54) is 0 Å². The number of nitrogens with one attached hydrogen (secondary N) is 2. The molecule has 0 aliphatic carbocycles. The highest BCUT2D eigenvalue weighted by atomic mass is 35.5. The molecule has 1 aromatic carbocycles. The van der Waals surface area contributed by atoms with E-state index < -0.39 is 5.83 Å². The maximum absolute atomic E-state index is 13.8. The van der Waals surface area contributed by atoms with Gasteiger partial charge in [0.2, 0.25) is 0 Å². The third-order valence-electron chi connectivity index (χ3n) is 3.15. The number of morpholine rings is 1. The molecule has 120 valence electrons. The van der Waals surface area contributed by atoms with E-state index in [4.69, 9.17) is 26.5 Å². The molecule has 0 radical (unpaired) electrons. The zero-order valence-corrected chi connectivity index (χ0v) is 12.9. The van der Waals surface area contributed by atoms with Gasteiger partial charge in [0.1, 0.15) is 6.73 Å². The summed E-state index contributed by atoms with van der Waals surface area (Å²) < 4.78 is 24.3. The van der Waals surface area contributed by atoms with Crippen LogP contribution in [0.5, 0.6) is 0 Å². The minimum atomic E-state index is -0.614. The van der Waals surface area contributed by atoms with Crippen LogP contribution in [0.3, 0.4) is 0 Å². The summed E-state index contributed by atoms with van der Waals surface area (Å²) in [5, 5.41) is 11.1. The van der Waals surface area contributed by atoms with Crippen molar-refractivity contribution in [3.63, 3.8) is 0 Å². The molecule has 0 spiro atoms. The number of hydrogen-bond acceptors (Lipinski definition) is 4. The van der Waals surface area contributed by atoms with Crippen LogP contribution in [0, 0.1) is 5.41 Å². The van der Waals surface area contributed by atoms with E-state index in [0.29, 0.717) is 37.9 Å². The number of nitrogens with zero attached hydrogens (tertiary/aromatic N) is 1. The summed E-state index contributed by atoms with van der Waals surface area (Å²) in [5.41, 5.74) is 0.983. The average Bonchev–Trinajstić information content (AvgIpc) is 2.56. The fraction of sp³-hybridized carbons (Fsp3) is 0.400. The van der Waals surface area contributed by atoms with E-state index in [-0.39, 0.29) is 12.6 Å². The Morgan fingerprint density at radius 3 is 2.73 bits per heavy atom. The Bertz CT molecular complexity index is 516. The molecule has 5 nitrogen and oxygen atoms in total. The Morgan fingerprint density at radius 2 is 2.05 bits per heavy atom. The molecular weight excluding hydrogens is 309 g/mol. The first-order chi connectivity index (χ1) is 10.7. The third kappa shape index (κ3) is 5.29. The van der Waals surface area contributed by atoms with Crippen molar-refractivity contribution in [2.24, 2.45) is 0 Å². The first-order valence-electron chi connectivity index (χ1n) is 6.99. The van der Waals surface area contributed by atoms with Crippen molar-refractivity contribution in [3.8, 4) is 0 Å². The molecule has 0 unspecified atom stereocenters. The number of halogens is 2. The molecule has 1 heterocycles. The maximum Gasteiger partial charge on any atom is 0.180 e. The molecule has 1 aliphatic rings. The van der Waals surface area contributed by atoms with Gasteiger partial charge in [0.05, 0.1) is 19.8 Å². The highest BCUT2D eigenvalue weighted by Gasteiger charge is 2.16. The summed E-state index contributed by atoms with van der Waals surface area (Å²) in [6.45, 7) is 2.67. The van der Waals surface area contributed by atoms with E-state index >= 15 is 0 Å². The van der Waals surface area contributed by atoms with Crippen LogP contribution in [0.2, 0.25) is 5.02 Å². The molecule has 2 rings (SSSR count). The van der Waals surface area contributed by atoms with E-state index in [1.54, 1.807) is 17.0 Å². The van der Waals surface area contributed by atoms with Gasteiger partial charge in [-0.1, -0.05) is 23.7 Å². The van der Waals surface area contributed by atoms with E-state index in [9.17, 15) is 4.39 Å². The van der Waals surface area contributed by atoms with E-state index in [1.807, 2.05) is 12.1 Å². The molecule has 2 N–H and O–H groups in total. The molecule has 7 heteroatoms. The van der Waals surface area contributed by atoms with Crippen molar-refractivity contribution in [2.75, 3.05) is 33.0 Å². The number of benzene rings is 1. The second-order valence-electron chi connectivity index (χ2n) is 4.76. The van der Waals surface area contributed by atoms with E-state index in [0.717, 1.165) is 11.8 Å². The summed E-state index contributed by atoms with van der Waals surface area (Å²) in [7, 11) is 0. The van der Waals surface area contributed by atoms with Crippen molar-refractivity contribution >= 4 is 17.4 Å². The van der Waals surface area contributed by atoms with Gasteiger partial charge < -0.3 is 19.7 Å². The quantitative estimate of drug-likeness (QED) is 0.365. The fourth-order valence-electron chi connectivity index (χ4n) is 1.95. The summed E-state index contributed by atoms with van der Waals surface area (Å²) in [6, 6.07) is 7.31. The summed E-state index contributed by atoms with van der Waals surface area (Å²) >= 11 is 5.79. The van der Waals surface area contributed by atoms with Crippen LogP contribution in [-0.2, 0) is 16.1 Å². The van der Waals surface area contributed by atoms with Crippen molar-refractivity contribution in [3.05, 3.63) is 46.9 Å². The van der Waals surface area contributed by atoms with Crippen molar-refractivity contribution in [1.29, 1.82) is 5.41 Å². The predicted molar refractivity (Wildman–Crippen MR) is 83.6 cm³/mol. The van der Waals surface area contributed by atoms with Crippen molar-refractivity contribution in [2.45, 2.75) is 6.61 Å². The first-order valence-corrected chi connectivity index (χ1v) is 7.37. The number of rotatable bonds is 6. The molecule has 1 aliphatic heterocycles. The lowest BCUT2D eigenvalue weighted by Crippen LogP contribution is -2.40. The fourth-order valence-corrected chi connectivity index (χ4v) is 2.07. The number of amidine groups is 1. The maximum atomic E-state index is 13.8. The molecule has 0 amide bonds. The van der Waals surface area contributed by atoms with Gasteiger partial charge in [0.15, 0.2) is 11.7 Å². The summed E-state index contributed by atoms with van der Waals surface area (Å²) in [5.74, 6) is -0.745. The molecule has 1 fully saturated rings. The third-order valence-corrected chi connectivity index (χ3v) is 3.40. The van der Waals surface area contributed by atoms with Gasteiger partial charge in [0, 0.05) is 24.3 Å². The van der Waals surface area contributed by atoms with Gasteiger partial charge >= 0.3 is 0 Å². The van der Waals surface area contributed by atoms with Crippen LogP contribution >= 0.6 is 11.6 Å². The molecule has 1 aromatic rings. The SMILES string of the molecule is N=C(C(F)=CNCOCc1ccc(Cl)cc1)N1CCOCC1. The Labute approximate surface area is 134 Å². The molecule has 0 atom stereocenters. The number of hydrogen-bond donors (Lipinski definition) is 2. The van der Waals surface area contributed by atoms with Crippen LogP contribution in [0.25, 0.3) is 0 Å². The molecule has 0 aromatic heterocycles. The monoisotopic (exact) mass is 327 g/mol. The Kier molecular flexibility index (Phi) is 6.64. The second-order valence-corrected chi connectivity index (χ2v) is 5.20. The van der Waals surface area contributed by atoms with Gasteiger partial charge in [-0.15, -0.1) is 0 Å². The lowest BCUT2D eigenvalue weighted by molar-refractivity contribution is 0.0673. The molecule has 0 saturated carbocycles. The highest BCUT2D eigenvalue weighted by Crippen LogP contribution is 2.10. The predicted octanol–water partition coefficient (Wildman–Crippen LogP) is 2.52. The molecule has 1 saturated heterocycles. The van der Waals surface area contributed by atoms with Gasteiger partial charge in [-0.3, -0.25) is 5.41 Å². The zero-order chi connectivity index (χ0) is 15.8. The Balaban J connectivity index is 1.67. The number of ether oxygens (including phenoxy) is 2. The Hall–Kier alpha value is -1.63. The summed E-state index contributed by atoms with van der Waals surface area (Å²) in [4.78, 5) is 1.64. The van der Waals surface area contributed by atoms with Gasteiger partial charge in [0.25, 0.3) is 0 Å². The van der Waals surface area contributed by atoms with Crippen molar-refractivity contribution in [1.82, 2.24) is 10.2 Å². The minimum Gasteiger partial charge on any atom is -0.378 e. The summed E-state index contributed by atoms with van der Waals surface area (Å²) in [6.07, 6.45) is 1.15. The van der Waals surface area contributed by atoms with Gasteiger partial charge in [-0.2, -0.15) is 0 Å². The van der Waals surface area contributed by atoms with Crippen LogP contribution in [0.15, 0.2) is 36.3 Å².